The molecule has 3 rings (SSSR count). The molecule has 0 N–H and O–H groups in total. The fourth-order valence-corrected chi connectivity index (χ4v) is 3.35. The first kappa shape index (κ1) is 17.3. The van der Waals surface area contributed by atoms with Crippen LogP contribution >= 0.6 is 11.8 Å². The van der Waals surface area contributed by atoms with E-state index in [2.05, 4.69) is 0 Å². The lowest BCUT2D eigenvalue weighted by Crippen LogP contribution is -2.04. The van der Waals surface area contributed by atoms with Gasteiger partial charge < -0.3 is 4.74 Å². The first-order valence-corrected chi connectivity index (χ1v) is 7.92. The zero-order valence-corrected chi connectivity index (χ0v) is 13.3. The number of ketones is 1. The quantitative estimate of drug-likeness (QED) is 0.551. The smallest absolute Gasteiger partial charge is 0.446 e. The SMILES string of the molecule is N#Cc1cc(F)ccc1Oc1ccc(SC(F)(F)F)c2c1CCC2=O. The van der Waals surface area contributed by atoms with Crippen molar-refractivity contribution in [1.82, 2.24) is 0 Å². The Kier molecular flexibility index (Phi) is 4.43. The average Bonchev–Trinajstić information content (AvgIpc) is 2.92. The van der Waals surface area contributed by atoms with E-state index in [0.29, 0.717) is 5.56 Å². The van der Waals surface area contributed by atoms with E-state index in [4.69, 9.17) is 10.00 Å². The molecule has 0 bridgehead atoms. The van der Waals surface area contributed by atoms with E-state index >= 15 is 0 Å². The van der Waals surface area contributed by atoms with E-state index in [9.17, 15) is 22.4 Å². The molecule has 0 saturated carbocycles. The van der Waals surface area contributed by atoms with Gasteiger partial charge in [-0.2, -0.15) is 18.4 Å². The van der Waals surface area contributed by atoms with Crippen LogP contribution < -0.4 is 4.74 Å². The number of halogens is 4. The fraction of sp³-hybridized carbons (Fsp3) is 0.176. The van der Waals surface area contributed by atoms with Gasteiger partial charge in [-0.15, -0.1) is 0 Å². The number of thioether (sulfide) groups is 1. The fourth-order valence-electron chi connectivity index (χ4n) is 2.63. The Labute approximate surface area is 144 Å². The van der Waals surface area contributed by atoms with Crippen molar-refractivity contribution >= 4 is 17.5 Å². The highest BCUT2D eigenvalue weighted by Crippen LogP contribution is 2.44. The molecular formula is C17H9F4NO2S. The van der Waals surface area contributed by atoms with Gasteiger partial charge in [-0.1, -0.05) is 0 Å². The van der Waals surface area contributed by atoms with Crippen molar-refractivity contribution in [1.29, 1.82) is 5.26 Å². The molecule has 0 amide bonds. The highest BCUT2D eigenvalue weighted by molar-refractivity contribution is 8.00. The molecule has 0 aliphatic heterocycles. The summed E-state index contributed by atoms with van der Waals surface area (Å²) in [5, 5.41) is 9.05. The minimum Gasteiger partial charge on any atom is -0.456 e. The maximum absolute atomic E-state index is 13.2. The highest BCUT2D eigenvalue weighted by Gasteiger charge is 2.35. The van der Waals surface area contributed by atoms with Crippen molar-refractivity contribution in [2.45, 2.75) is 23.2 Å². The molecule has 3 nitrogen and oxygen atoms in total. The van der Waals surface area contributed by atoms with Crippen LogP contribution in [0.3, 0.4) is 0 Å². The number of hydrogen-bond donors (Lipinski definition) is 0. The maximum atomic E-state index is 13.2. The summed E-state index contributed by atoms with van der Waals surface area (Å²) in [5.41, 5.74) is -4.19. The summed E-state index contributed by atoms with van der Waals surface area (Å²) in [5.74, 6) is -0.731. The first-order chi connectivity index (χ1) is 11.8. The van der Waals surface area contributed by atoms with Crippen LogP contribution in [0.4, 0.5) is 17.6 Å². The maximum Gasteiger partial charge on any atom is 0.446 e. The van der Waals surface area contributed by atoms with Crippen LogP contribution in [0.15, 0.2) is 35.2 Å². The molecule has 0 heterocycles. The number of carbonyl (C=O) groups excluding carboxylic acids is 1. The second kappa shape index (κ2) is 6.41. The van der Waals surface area contributed by atoms with Crippen molar-refractivity contribution in [3.8, 4) is 17.6 Å². The third kappa shape index (κ3) is 3.61. The van der Waals surface area contributed by atoms with Crippen LogP contribution in [0, 0.1) is 17.1 Å². The van der Waals surface area contributed by atoms with Crippen molar-refractivity contribution < 1.29 is 27.1 Å². The van der Waals surface area contributed by atoms with Crippen LogP contribution in [0.2, 0.25) is 0 Å². The van der Waals surface area contributed by atoms with Gasteiger partial charge in [0.2, 0.25) is 0 Å². The van der Waals surface area contributed by atoms with Gasteiger partial charge in [0.05, 0.1) is 5.56 Å². The van der Waals surface area contributed by atoms with E-state index in [1.54, 1.807) is 6.07 Å². The predicted molar refractivity (Wildman–Crippen MR) is 82.2 cm³/mol. The Morgan fingerprint density at radius 1 is 1.12 bits per heavy atom. The molecule has 8 heteroatoms. The molecule has 128 valence electrons. The van der Waals surface area contributed by atoms with Crippen LogP contribution in [0.25, 0.3) is 0 Å². The summed E-state index contributed by atoms with van der Waals surface area (Å²) in [7, 11) is 0. The number of fused-ring (bicyclic) bond motifs is 1. The molecular weight excluding hydrogens is 358 g/mol. The molecule has 0 unspecified atom stereocenters. The molecule has 2 aromatic rings. The van der Waals surface area contributed by atoms with Crippen LogP contribution in [0.5, 0.6) is 11.5 Å². The van der Waals surface area contributed by atoms with Crippen LogP contribution in [-0.4, -0.2) is 11.3 Å². The Morgan fingerprint density at radius 2 is 1.84 bits per heavy atom. The molecule has 1 aliphatic carbocycles. The molecule has 1 aliphatic rings. The molecule has 0 atom stereocenters. The number of carbonyl (C=O) groups is 1. The summed E-state index contributed by atoms with van der Waals surface area (Å²) in [4.78, 5) is 11.8. The van der Waals surface area contributed by atoms with E-state index in [0.717, 1.165) is 12.1 Å². The number of Topliss-reactive ketones (excluding diaryl/α,β-unsaturated/α-hetero) is 1. The van der Waals surface area contributed by atoms with Gasteiger partial charge in [-0.3, -0.25) is 4.79 Å². The molecule has 25 heavy (non-hydrogen) atoms. The van der Waals surface area contributed by atoms with Gasteiger partial charge in [-0.05, 0) is 48.5 Å². The Balaban J connectivity index is 2.02. The second-order valence-electron chi connectivity index (χ2n) is 5.24. The minimum atomic E-state index is -4.51. The average molecular weight is 367 g/mol. The number of benzene rings is 2. The minimum absolute atomic E-state index is 0.000411. The highest BCUT2D eigenvalue weighted by atomic mass is 32.2. The lowest BCUT2D eigenvalue weighted by Gasteiger charge is -2.14. The van der Waals surface area contributed by atoms with Crippen molar-refractivity contribution in [2.75, 3.05) is 0 Å². The largest absolute Gasteiger partial charge is 0.456 e. The zero-order chi connectivity index (χ0) is 18.2. The second-order valence-corrected chi connectivity index (χ2v) is 6.35. The van der Waals surface area contributed by atoms with E-state index < -0.39 is 11.3 Å². The summed E-state index contributed by atoms with van der Waals surface area (Å²) in [6.07, 6.45) is 0.342. The molecule has 0 saturated heterocycles. The van der Waals surface area contributed by atoms with E-state index in [1.807, 2.05) is 0 Å². The number of nitrogens with zero attached hydrogens (tertiary/aromatic N) is 1. The van der Waals surface area contributed by atoms with Gasteiger partial charge in [0.15, 0.2) is 5.78 Å². The van der Waals surface area contributed by atoms with Gasteiger partial charge in [0.1, 0.15) is 23.4 Å². The van der Waals surface area contributed by atoms with Gasteiger partial charge in [0, 0.05) is 22.4 Å². The van der Waals surface area contributed by atoms with Gasteiger partial charge in [0.25, 0.3) is 0 Å². The zero-order valence-electron chi connectivity index (χ0n) is 12.5. The number of rotatable bonds is 3. The molecule has 0 fully saturated rings. The van der Waals surface area contributed by atoms with E-state index in [-0.39, 0.29) is 57.9 Å². The summed E-state index contributed by atoms with van der Waals surface area (Å²) in [6.45, 7) is 0. The third-order valence-electron chi connectivity index (χ3n) is 3.62. The predicted octanol–water partition coefficient (Wildman–Crippen LogP) is 5.23. The topological polar surface area (TPSA) is 50.1 Å². The molecule has 0 spiro atoms. The Bertz CT molecular complexity index is 903. The summed E-state index contributed by atoms with van der Waals surface area (Å²) < 4.78 is 56.8. The van der Waals surface area contributed by atoms with Crippen LogP contribution in [-0.2, 0) is 6.42 Å². The standard InChI is InChI=1S/C17H9F4NO2S/c18-10-1-4-13(9(7-10)8-22)24-14-5-6-15(25-17(19,20)21)16-11(14)2-3-12(16)23/h1,4-7H,2-3H2. The number of hydrogen-bond acceptors (Lipinski definition) is 4. The van der Waals surface area contributed by atoms with E-state index in [1.165, 1.54) is 18.2 Å². The summed E-state index contributed by atoms with van der Waals surface area (Å²) >= 11 is -0.344. The Hall–Kier alpha value is -2.53. The van der Waals surface area contributed by atoms with Crippen LogP contribution in [0.1, 0.15) is 27.9 Å². The molecule has 0 radical (unpaired) electrons. The molecule has 2 aromatic carbocycles. The Morgan fingerprint density at radius 3 is 2.52 bits per heavy atom. The van der Waals surface area contributed by atoms with Crippen molar-refractivity contribution in [3.63, 3.8) is 0 Å². The number of alkyl halides is 3. The van der Waals surface area contributed by atoms with Gasteiger partial charge >= 0.3 is 5.51 Å². The lowest BCUT2D eigenvalue weighted by molar-refractivity contribution is -0.0328. The number of nitriles is 1. The monoisotopic (exact) mass is 367 g/mol. The summed E-state index contributed by atoms with van der Waals surface area (Å²) in [6, 6.07) is 7.65. The first-order valence-electron chi connectivity index (χ1n) is 7.11. The van der Waals surface area contributed by atoms with Crippen molar-refractivity contribution in [2.24, 2.45) is 0 Å². The van der Waals surface area contributed by atoms with Gasteiger partial charge in [-0.25, -0.2) is 4.39 Å². The lowest BCUT2D eigenvalue weighted by atomic mass is 10.1. The third-order valence-corrected chi connectivity index (χ3v) is 4.41. The normalized spacial score (nSPS) is 13.5. The van der Waals surface area contributed by atoms with Crippen molar-refractivity contribution in [3.05, 3.63) is 52.8 Å². The molecule has 0 aromatic heterocycles. The number of ether oxygens (including phenoxy) is 1.